The maximum absolute atomic E-state index is 11.0. The van der Waals surface area contributed by atoms with Crippen LogP contribution in [0, 0.1) is 5.92 Å². The Morgan fingerprint density at radius 2 is 2.36 bits per heavy atom. The maximum Gasteiger partial charge on any atom is 0.309 e. The lowest BCUT2D eigenvalue weighted by molar-refractivity contribution is -0.145. The Kier molecular flexibility index (Phi) is 3.20. The van der Waals surface area contributed by atoms with Crippen LogP contribution in [0.4, 0.5) is 0 Å². The van der Waals surface area contributed by atoms with Gasteiger partial charge in [0.15, 0.2) is 0 Å². The van der Waals surface area contributed by atoms with Gasteiger partial charge in [-0.3, -0.25) is 4.79 Å². The van der Waals surface area contributed by atoms with Gasteiger partial charge >= 0.3 is 5.97 Å². The second-order valence-electron chi connectivity index (χ2n) is 2.77. The van der Waals surface area contributed by atoms with E-state index in [9.17, 15) is 4.79 Å². The Bertz CT molecular complexity index is 151. The van der Waals surface area contributed by atoms with Gasteiger partial charge in [0.25, 0.3) is 0 Å². The first-order valence-electron chi connectivity index (χ1n) is 3.70. The normalized spacial score (nSPS) is 31.5. The molecule has 1 fully saturated rings. The molecule has 0 bridgehead atoms. The summed E-state index contributed by atoms with van der Waals surface area (Å²) in [5.74, 6) is -0.132. The molecule has 2 atom stereocenters. The molecule has 0 amide bonds. The van der Waals surface area contributed by atoms with E-state index in [1.807, 2.05) is 0 Å². The third kappa shape index (κ3) is 2.38. The summed E-state index contributed by atoms with van der Waals surface area (Å²) in [4.78, 5) is 11.0. The second kappa shape index (κ2) is 3.97. The summed E-state index contributed by atoms with van der Waals surface area (Å²) in [5.41, 5.74) is 0. The van der Waals surface area contributed by atoms with Gasteiger partial charge in [-0.05, 0) is 6.42 Å². The minimum absolute atomic E-state index is 0.00347. The van der Waals surface area contributed by atoms with Crippen LogP contribution in [0.2, 0.25) is 0 Å². The molecule has 0 saturated carbocycles. The summed E-state index contributed by atoms with van der Waals surface area (Å²) in [6.45, 7) is 1.61. The van der Waals surface area contributed by atoms with Gasteiger partial charge in [0.1, 0.15) is 0 Å². The van der Waals surface area contributed by atoms with Gasteiger partial charge in [0.05, 0.1) is 13.0 Å². The zero-order valence-corrected chi connectivity index (χ0v) is 7.43. The molecular formula is C7H13NO2S. The standard InChI is InChI=1S/C7H13NO2S/c1-10-7(9)5-2-6(11)4-8-3-5/h5-6,8,11H,2-4H2,1H3/t5?,6-/m0/s1. The van der Waals surface area contributed by atoms with Crippen LogP contribution in [0.3, 0.4) is 0 Å². The van der Waals surface area contributed by atoms with E-state index in [-0.39, 0.29) is 17.1 Å². The van der Waals surface area contributed by atoms with Gasteiger partial charge < -0.3 is 10.1 Å². The van der Waals surface area contributed by atoms with Crippen molar-refractivity contribution in [3.05, 3.63) is 0 Å². The van der Waals surface area contributed by atoms with Crippen LogP contribution in [0.25, 0.3) is 0 Å². The molecule has 1 saturated heterocycles. The summed E-state index contributed by atoms with van der Waals surface area (Å²) < 4.78 is 4.63. The first kappa shape index (κ1) is 8.87. The quantitative estimate of drug-likeness (QED) is 0.437. The van der Waals surface area contributed by atoms with Gasteiger partial charge in [-0.25, -0.2) is 0 Å². The number of ether oxygens (including phenoxy) is 1. The molecule has 0 aromatic heterocycles. The molecule has 1 unspecified atom stereocenters. The minimum atomic E-state index is -0.128. The fourth-order valence-corrected chi connectivity index (χ4v) is 1.65. The predicted molar refractivity (Wildman–Crippen MR) is 45.8 cm³/mol. The molecule has 0 aromatic carbocycles. The van der Waals surface area contributed by atoms with Crippen molar-refractivity contribution in [1.82, 2.24) is 5.32 Å². The highest BCUT2D eigenvalue weighted by Gasteiger charge is 2.25. The number of thiol groups is 1. The van der Waals surface area contributed by atoms with E-state index in [1.54, 1.807) is 0 Å². The van der Waals surface area contributed by atoms with E-state index in [4.69, 9.17) is 0 Å². The average molecular weight is 175 g/mol. The van der Waals surface area contributed by atoms with Crippen molar-refractivity contribution in [3.63, 3.8) is 0 Å². The van der Waals surface area contributed by atoms with E-state index in [0.717, 1.165) is 19.5 Å². The summed E-state index contributed by atoms with van der Waals surface area (Å²) in [6, 6.07) is 0. The third-order valence-corrected chi connectivity index (χ3v) is 2.26. The van der Waals surface area contributed by atoms with Crippen LogP contribution in [-0.4, -0.2) is 31.4 Å². The van der Waals surface area contributed by atoms with Crippen LogP contribution in [-0.2, 0) is 9.53 Å². The molecule has 0 aliphatic carbocycles. The molecule has 4 heteroatoms. The summed E-state index contributed by atoms with van der Waals surface area (Å²) in [6.07, 6.45) is 0.822. The largest absolute Gasteiger partial charge is 0.469 e. The van der Waals surface area contributed by atoms with E-state index >= 15 is 0 Å². The molecule has 1 aliphatic heterocycles. The Morgan fingerprint density at radius 1 is 1.64 bits per heavy atom. The third-order valence-electron chi connectivity index (χ3n) is 1.86. The van der Waals surface area contributed by atoms with Gasteiger partial charge in [0, 0.05) is 18.3 Å². The topological polar surface area (TPSA) is 38.3 Å². The predicted octanol–water partition coefficient (Wildman–Crippen LogP) is 0.0673. The number of carbonyl (C=O) groups excluding carboxylic acids is 1. The molecule has 64 valence electrons. The molecular weight excluding hydrogens is 162 g/mol. The van der Waals surface area contributed by atoms with Crippen molar-refractivity contribution in [2.24, 2.45) is 5.92 Å². The molecule has 1 N–H and O–H groups in total. The number of rotatable bonds is 1. The fourth-order valence-electron chi connectivity index (χ4n) is 1.27. The molecule has 1 heterocycles. The molecule has 0 radical (unpaired) electrons. The lowest BCUT2D eigenvalue weighted by atomic mass is 10.00. The number of hydrogen-bond acceptors (Lipinski definition) is 4. The highest BCUT2D eigenvalue weighted by molar-refractivity contribution is 7.81. The number of carbonyl (C=O) groups is 1. The Balaban J connectivity index is 2.39. The fraction of sp³-hybridized carbons (Fsp3) is 0.857. The smallest absolute Gasteiger partial charge is 0.309 e. The number of nitrogens with one attached hydrogen (secondary N) is 1. The first-order valence-corrected chi connectivity index (χ1v) is 4.22. The summed E-state index contributed by atoms with van der Waals surface area (Å²) in [7, 11) is 1.42. The van der Waals surface area contributed by atoms with Crippen LogP contribution in [0.5, 0.6) is 0 Å². The second-order valence-corrected chi connectivity index (χ2v) is 3.50. The van der Waals surface area contributed by atoms with Gasteiger partial charge in [-0.2, -0.15) is 12.6 Å². The van der Waals surface area contributed by atoms with Crippen molar-refractivity contribution in [2.75, 3.05) is 20.2 Å². The Hall–Kier alpha value is -0.220. The molecule has 1 rings (SSSR count). The Morgan fingerprint density at radius 3 is 2.91 bits per heavy atom. The zero-order chi connectivity index (χ0) is 8.27. The lowest BCUT2D eigenvalue weighted by Gasteiger charge is -2.24. The van der Waals surface area contributed by atoms with E-state index in [1.165, 1.54) is 7.11 Å². The van der Waals surface area contributed by atoms with Crippen molar-refractivity contribution >= 4 is 18.6 Å². The van der Waals surface area contributed by atoms with Gasteiger partial charge in [-0.1, -0.05) is 0 Å². The van der Waals surface area contributed by atoms with Gasteiger partial charge in [0.2, 0.25) is 0 Å². The summed E-state index contributed by atoms with van der Waals surface area (Å²) >= 11 is 4.28. The maximum atomic E-state index is 11.0. The average Bonchev–Trinajstić information content (AvgIpc) is 2.03. The van der Waals surface area contributed by atoms with Crippen molar-refractivity contribution < 1.29 is 9.53 Å². The SMILES string of the molecule is COC(=O)C1CNC[C@@H](S)C1. The number of hydrogen-bond donors (Lipinski definition) is 2. The highest BCUT2D eigenvalue weighted by Crippen LogP contribution is 2.15. The van der Waals surface area contributed by atoms with Crippen LogP contribution in [0.15, 0.2) is 0 Å². The lowest BCUT2D eigenvalue weighted by Crippen LogP contribution is -2.40. The molecule has 0 spiro atoms. The van der Waals surface area contributed by atoms with E-state index < -0.39 is 0 Å². The number of piperidine rings is 1. The number of esters is 1. The molecule has 0 aromatic rings. The van der Waals surface area contributed by atoms with Crippen LogP contribution in [0.1, 0.15) is 6.42 Å². The molecule has 3 nitrogen and oxygen atoms in total. The van der Waals surface area contributed by atoms with Gasteiger partial charge in [-0.15, -0.1) is 0 Å². The minimum Gasteiger partial charge on any atom is -0.469 e. The van der Waals surface area contributed by atoms with E-state index in [0.29, 0.717) is 0 Å². The molecule has 1 aliphatic rings. The van der Waals surface area contributed by atoms with Crippen LogP contribution < -0.4 is 5.32 Å². The highest BCUT2D eigenvalue weighted by atomic mass is 32.1. The summed E-state index contributed by atoms with van der Waals surface area (Å²) in [5, 5.41) is 3.41. The molecule has 11 heavy (non-hydrogen) atoms. The first-order chi connectivity index (χ1) is 5.24. The van der Waals surface area contributed by atoms with Crippen molar-refractivity contribution in [2.45, 2.75) is 11.7 Å². The Labute approximate surface area is 71.9 Å². The van der Waals surface area contributed by atoms with E-state index in [2.05, 4.69) is 22.7 Å². The van der Waals surface area contributed by atoms with Crippen molar-refractivity contribution in [1.29, 1.82) is 0 Å². The zero-order valence-electron chi connectivity index (χ0n) is 6.54. The van der Waals surface area contributed by atoms with Crippen LogP contribution >= 0.6 is 12.6 Å². The number of methoxy groups -OCH3 is 1. The monoisotopic (exact) mass is 175 g/mol. The van der Waals surface area contributed by atoms with Crippen molar-refractivity contribution in [3.8, 4) is 0 Å².